The van der Waals surface area contributed by atoms with Crippen LogP contribution in [0.2, 0.25) is 0 Å². The predicted octanol–water partition coefficient (Wildman–Crippen LogP) is 2.48. The minimum atomic E-state index is -0.797. The fourth-order valence-electron chi connectivity index (χ4n) is 3.03. The summed E-state index contributed by atoms with van der Waals surface area (Å²) in [5.41, 5.74) is 1.44. The van der Waals surface area contributed by atoms with Gasteiger partial charge in [0.2, 0.25) is 0 Å². The lowest BCUT2D eigenvalue weighted by molar-refractivity contribution is -0.161. The van der Waals surface area contributed by atoms with E-state index in [2.05, 4.69) is 6.08 Å². The maximum atomic E-state index is 11.8. The quantitative estimate of drug-likeness (QED) is 0.421. The van der Waals surface area contributed by atoms with Crippen LogP contribution in [-0.4, -0.2) is 25.2 Å². The van der Waals surface area contributed by atoms with Crippen LogP contribution >= 0.6 is 0 Å². The number of rotatable bonds is 6. The first-order valence-electron chi connectivity index (χ1n) is 7.22. The van der Waals surface area contributed by atoms with Crippen molar-refractivity contribution in [1.82, 2.24) is 0 Å². The number of esters is 2. The Morgan fingerprint density at radius 1 is 1.16 bits per heavy atom. The zero-order valence-corrected chi connectivity index (χ0v) is 11.7. The van der Waals surface area contributed by atoms with Gasteiger partial charge in [-0.05, 0) is 44.9 Å². The lowest BCUT2D eigenvalue weighted by Crippen LogP contribution is -2.27. The van der Waals surface area contributed by atoms with Crippen molar-refractivity contribution >= 4 is 11.9 Å². The molecule has 2 fully saturated rings. The number of ether oxygens (including phenoxy) is 2. The maximum absolute atomic E-state index is 11.8. The molecule has 2 unspecified atom stereocenters. The maximum Gasteiger partial charge on any atom is 0.320 e. The van der Waals surface area contributed by atoms with Crippen LogP contribution in [0.25, 0.3) is 0 Å². The minimum absolute atomic E-state index is 0.288. The molecule has 0 heterocycles. The van der Waals surface area contributed by atoms with E-state index in [0.29, 0.717) is 6.42 Å². The van der Waals surface area contributed by atoms with Gasteiger partial charge in [-0.25, -0.2) is 0 Å². The second-order valence-electron chi connectivity index (χ2n) is 5.14. The third-order valence-corrected chi connectivity index (χ3v) is 3.99. The van der Waals surface area contributed by atoms with Gasteiger partial charge in [0.1, 0.15) is 0 Å². The molecule has 0 spiro atoms. The topological polar surface area (TPSA) is 52.6 Å². The van der Waals surface area contributed by atoms with Gasteiger partial charge < -0.3 is 9.47 Å². The minimum Gasteiger partial charge on any atom is -0.465 e. The standard InChI is InChI=1S/C15H22O4/c1-3-18-14(16)13(15(17)19-4-2)9-8-12-10-6-5-7-11(10)12/h8,10-11,13H,3-7,9H2,1-2H3. The molecule has 19 heavy (non-hydrogen) atoms. The SMILES string of the molecule is CCOC(=O)C(CC=C1C2CCCC12)C(=O)OCC. The summed E-state index contributed by atoms with van der Waals surface area (Å²) in [4.78, 5) is 23.6. The van der Waals surface area contributed by atoms with Crippen molar-refractivity contribution in [2.24, 2.45) is 17.8 Å². The summed E-state index contributed by atoms with van der Waals surface area (Å²) in [5.74, 6) is -0.281. The third-order valence-electron chi connectivity index (χ3n) is 3.99. The monoisotopic (exact) mass is 266 g/mol. The molecule has 0 aliphatic heterocycles. The highest BCUT2D eigenvalue weighted by Crippen LogP contribution is 2.57. The molecule has 2 atom stereocenters. The molecule has 0 aromatic heterocycles. The Morgan fingerprint density at radius 3 is 2.16 bits per heavy atom. The van der Waals surface area contributed by atoms with E-state index in [1.165, 1.54) is 24.8 Å². The molecule has 2 saturated carbocycles. The molecular weight excluding hydrogens is 244 g/mol. The van der Waals surface area contributed by atoms with Gasteiger partial charge in [-0.2, -0.15) is 0 Å². The number of carbonyl (C=O) groups excluding carboxylic acids is 2. The molecular formula is C15H22O4. The van der Waals surface area contributed by atoms with Gasteiger partial charge in [-0.15, -0.1) is 0 Å². The number of hydrogen-bond acceptors (Lipinski definition) is 4. The van der Waals surface area contributed by atoms with Crippen molar-refractivity contribution in [2.45, 2.75) is 39.5 Å². The van der Waals surface area contributed by atoms with Crippen LogP contribution in [-0.2, 0) is 19.1 Å². The van der Waals surface area contributed by atoms with Gasteiger partial charge in [0, 0.05) is 0 Å². The fourth-order valence-corrected chi connectivity index (χ4v) is 3.03. The average molecular weight is 266 g/mol. The first kappa shape index (κ1) is 14.1. The Hall–Kier alpha value is -1.32. The van der Waals surface area contributed by atoms with Gasteiger partial charge in [0.05, 0.1) is 13.2 Å². The number of allylic oxidation sites excluding steroid dienone is 2. The van der Waals surface area contributed by atoms with Gasteiger partial charge in [0.25, 0.3) is 0 Å². The molecule has 0 N–H and O–H groups in total. The molecule has 0 radical (unpaired) electrons. The lowest BCUT2D eigenvalue weighted by Gasteiger charge is -2.12. The van der Waals surface area contributed by atoms with E-state index in [4.69, 9.17) is 9.47 Å². The Labute approximate surface area is 114 Å². The predicted molar refractivity (Wildman–Crippen MR) is 70.3 cm³/mol. The lowest BCUT2D eigenvalue weighted by atomic mass is 10.0. The van der Waals surface area contributed by atoms with E-state index in [9.17, 15) is 9.59 Å². The van der Waals surface area contributed by atoms with E-state index in [-0.39, 0.29) is 13.2 Å². The largest absolute Gasteiger partial charge is 0.465 e. The highest BCUT2D eigenvalue weighted by molar-refractivity contribution is 5.95. The Morgan fingerprint density at radius 2 is 1.68 bits per heavy atom. The number of fused-ring (bicyclic) bond motifs is 1. The molecule has 2 aliphatic rings. The smallest absolute Gasteiger partial charge is 0.320 e. The molecule has 2 rings (SSSR count). The summed E-state index contributed by atoms with van der Waals surface area (Å²) in [7, 11) is 0. The van der Waals surface area contributed by atoms with E-state index in [1.807, 2.05) is 0 Å². The molecule has 106 valence electrons. The summed E-state index contributed by atoms with van der Waals surface area (Å²) in [6.07, 6.45) is 6.32. The number of hydrogen-bond donors (Lipinski definition) is 0. The van der Waals surface area contributed by atoms with Crippen LogP contribution in [0.4, 0.5) is 0 Å². The molecule has 0 aromatic carbocycles. The average Bonchev–Trinajstić information content (AvgIpc) is 2.83. The highest BCUT2D eigenvalue weighted by atomic mass is 16.6. The highest BCUT2D eigenvalue weighted by Gasteiger charge is 2.46. The first-order valence-corrected chi connectivity index (χ1v) is 7.22. The van der Waals surface area contributed by atoms with E-state index in [0.717, 1.165) is 11.8 Å². The second-order valence-corrected chi connectivity index (χ2v) is 5.14. The zero-order chi connectivity index (χ0) is 13.8. The first-order chi connectivity index (χ1) is 9.19. The Balaban J connectivity index is 1.93. The van der Waals surface area contributed by atoms with Crippen molar-refractivity contribution in [2.75, 3.05) is 13.2 Å². The van der Waals surface area contributed by atoms with E-state index < -0.39 is 17.9 Å². The molecule has 0 aromatic rings. The summed E-state index contributed by atoms with van der Waals surface area (Å²) in [6, 6.07) is 0. The van der Waals surface area contributed by atoms with Crippen molar-refractivity contribution in [3.05, 3.63) is 11.6 Å². The zero-order valence-electron chi connectivity index (χ0n) is 11.7. The summed E-state index contributed by atoms with van der Waals surface area (Å²) in [6.45, 7) is 4.06. The van der Waals surface area contributed by atoms with Crippen LogP contribution in [0.3, 0.4) is 0 Å². The number of carbonyl (C=O) groups is 2. The molecule has 0 amide bonds. The van der Waals surface area contributed by atoms with Crippen molar-refractivity contribution < 1.29 is 19.1 Å². The third kappa shape index (κ3) is 3.17. The van der Waals surface area contributed by atoms with Crippen molar-refractivity contribution in [1.29, 1.82) is 0 Å². The Bertz CT molecular complexity index is 356. The summed E-state index contributed by atoms with van der Waals surface area (Å²) < 4.78 is 9.90. The van der Waals surface area contributed by atoms with Crippen molar-refractivity contribution in [3.63, 3.8) is 0 Å². The van der Waals surface area contributed by atoms with Gasteiger partial charge >= 0.3 is 11.9 Å². The van der Waals surface area contributed by atoms with Crippen LogP contribution in [0.15, 0.2) is 11.6 Å². The van der Waals surface area contributed by atoms with Crippen molar-refractivity contribution in [3.8, 4) is 0 Å². The fraction of sp³-hybridized carbons (Fsp3) is 0.733. The molecule has 0 bridgehead atoms. The van der Waals surface area contributed by atoms with Crippen LogP contribution in [0.1, 0.15) is 39.5 Å². The van der Waals surface area contributed by atoms with Crippen LogP contribution < -0.4 is 0 Å². The van der Waals surface area contributed by atoms with Crippen LogP contribution in [0.5, 0.6) is 0 Å². The summed E-state index contributed by atoms with van der Waals surface area (Å²) in [5, 5.41) is 0. The Kier molecular flexibility index (Phi) is 4.61. The van der Waals surface area contributed by atoms with Gasteiger partial charge in [-0.3, -0.25) is 9.59 Å². The van der Waals surface area contributed by atoms with Gasteiger partial charge in [0.15, 0.2) is 5.92 Å². The molecule has 4 heteroatoms. The summed E-state index contributed by atoms with van der Waals surface area (Å²) >= 11 is 0. The molecule has 0 saturated heterocycles. The van der Waals surface area contributed by atoms with E-state index in [1.54, 1.807) is 13.8 Å². The normalized spacial score (nSPS) is 24.1. The molecule has 2 aliphatic carbocycles. The van der Waals surface area contributed by atoms with Gasteiger partial charge in [-0.1, -0.05) is 18.1 Å². The van der Waals surface area contributed by atoms with Crippen LogP contribution in [0, 0.1) is 17.8 Å². The molecule has 4 nitrogen and oxygen atoms in total. The second kappa shape index (κ2) is 6.22. The van der Waals surface area contributed by atoms with E-state index >= 15 is 0 Å².